The molecule has 14 heteroatoms. The summed E-state index contributed by atoms with van der Waals surface area (Å²) in [7, 11) is 1.26. The number of oxime groups is 1. The van der Waals surface area contributed by atoms with Gasteiger partial charge in [-0.05, 0) is 6.07 Å². The zero-order valence-electron chi connectivity index (χ0n) is 18.4. The van der Waals surface area contributed by atoms with Gasteiger partial charge in [-0.3, -0.25) is 25.1 Å². The van der Waals surface area contributed by atoms with Gasteiger partial charge in [-0.15, -0.1) is 11.8 Å². The van der Waals surface area contributed by atoms with Crippen LogP contribution < -0.4 is 15.6 Å². The summed E-state index contributed by atoms with van der Waals surface area (Å²) < 4.78 is 12.2. The molecule has 3 atom stereocenters. The lowest BCUT2D eigenvalue weighted by atomic mass is 10.0. The molecule has 0 spiro atoms. The van der Waals surface area contributed by atoms with E-state index in [-0.39, 0.29) is 18.1 Å². The third-order valence-electron chi connectivity index (χ3n) is 5.70. The second-order valence-corrected chi connectivity index (χ2v) is 8.90. The first kappa shape index (κ1) is 22.7. The average molecular weight is 502 g/mol. The number of hydrogen-bond acceptors (Lipinski definition) is 9. The van der Waals surface area contributed by atoms with E-state index in [2.05, 4.69) is 10.5 Å². The molecule has 2 aromatic rings. The number of carbonyl (C=O) groups is 3. The van der Waals surface area contributed by atoms with Crippen LogP contribution in [0.4, 0.5) is 0 Å². The highest BCUT2D eigenvalue weighted by Crippen LogP contribution is 2.40. The smallest absolute Gasteiger partial charge is 0.352 e. The van der Waals surface area contributed by atoms with Crippen molar-refractivity contribution < 1.29 is 38.0 Å². The summed E-state index contributed by atoms with van der Waals surface area (Å²) >= 11 is 1.37. The number of carbonyl (C=O) groups excluding carboxylic acids is 2. The van der Waals surface area contributed by atoms with E-state index in [0.717, 1.165) is 11.0 Å². The second kappa shape index (κ2) is 8.96. The van der Waals surface area contributed by atoms with E-state index in [9.17, 15) is 19.5 Å². The van der Waals surface area contributed by atoms with E-state index < -0.39 is 35.6 Å². The third-order valence-corrected chi connectivity index (χ3v) is 7.04. The average Bonchev–Trinajstić information content (AvgIpc) is 3.48. The number of thioether (sulfide) groups is 1. The zero-order valence-corrected chi connectivity index (χ0v) is 19.2. The Morgan fingerprint density at radius 2 is 2.26 bits per heavy atom. The van der Waals surface area contributed by atoms with Gasteiger partial charge in [0.15, 0.2) is 18.9 Å². The molecule has 0 bridgehead atoms. The van der Waals surface area contributed by atoms with Gasteiger partial charge in [0.25, 0.3) is 11.8 Å². The molecular weight excluding hydrogens is 480 g/mol. The predicted molar refractivity (Wildman–Crippen MR) is 121 cm³/mol. The van der Waals surface area contributed by atoms with Gasteiger partial charge in [0.05, 0.1) is 11.6 Å². The number of rotatable bonds is 5. The summed E-state index contributed by atoms with van der Waals surface area (Å²) in [6.07, 6.45) is 6.94. The summed E-state index contributed by atoms with van der Waals surface area (Å²) in [5.41, 5.74) is 7.00. The monoisotopic (exact) mass is 501 g/mol. The standard InChI is InChI=1S/C21H20N6O7S/c1-32-24-16(26-5-7-34-21(26)22)17(28)23-14-18(29)27-15(20(30)31)12(10-35-19(14)27)9-25-4-2-13-11(8-25)3-6-33-13/h2-8,14,19,21H,9-10,22H2,1H3,(H-,23,28,30,31)/p+1/b24-16+/t14?,19-,21?/m1/s1. The van der Waals surface area contributed by atoms with Crippen LogP contribution in [0.3, 0.4) is 0 Å². The van der Waals surface area contributed by atoms with Crippen molar-refractivity contribution in [2.75, 3.05) is 12.9 Å². The highest BCUT2D eigenvalue weighted by atomic mass is 32.2. The Hall–Kier alpha value is -4.04. The Bertz CT molecular complexity index is 1300. The van der Waals surface area contributed by atoms with Crippen LogP contribution in [0, 0.1) is 0 Å². The van der Waals surface area contributed by atoms with Gasteiger partial charge < -0.3 is 24.4 Å². The molecule has 13 nitrogen and oxygen atoms in total. The number of amides is 2. The van der Waals surface area contributed by atoms with E-state index in [1.165, 1.54) is 41.1 Å². The van der Waals surface area contributed by atoms with Crippen LogP contribution in [0.15, 0.2) is 64.1 Å². The summed E-state index contributed by atoms with van der Waals surface area (Å²) in [5, 5.41) is 16.5. The Kier molecular flexibility index (Phi) is 5.82. The highest BCUT2D eigenvalue weighted by molar-refractivity contribution is 8.00. The highest BCUT2D eigenvalue weighted by Gasteiger charge is 2.55. The van der Waals surface area contributed by atoms with Crippen LogP contribution in [0.5, 0.6) is 0 Å². The number of pyridine rings is 1. The molecule has 2 aromatic heterocycles. The van der Waals surface area contributed by atoms with Crippen molar-refractivity contribution in [2.45, 2.75) is 24.3 Å². The van der Waals surface area contributed by atoms with Gasteiger partial charge in [0.2, 0.25) is 12.2 Å². The molecule has 3 aliphatic heterocycles. The molecule has 4 N–H and O–H groups in total. The Morgan fingerprint density at radius 1 is 1.43 bits per heavy atom. The minimum Gasteiger partial charge on any atom is -0.477 e. The number of carboxylic acids is 1. The maximum Gasteiger partial charge on any atom is 0.352 e. The number of nitrogens with two attached hydrogens (primary N) is 1. The third kappa shape index (κ3) is 3.95. The molecule has 0 aromatic carbocycles. The number of nitrogens with zero attached hydrogens (tertiary/aromatic N) is 4. The lowest BCUT2D eigenvalue weighted by molar-refractivity contribution is -0.687. The van der Waals surface area contributed by atoms with E-state index in [4.69, 9.17) is 19.7 Å². The SMILES string of the molecule is CO/N=C(\C(=O)NC1C(=O)N2C(C(=O)O)=C(C[n+]3ccc4occc4c3)CS[C@H]12)N1C=COC1N. The van der Waals surface area contributed by atoms with Crippen LogP contribution in [-0.2, 0) is 30.5 Å². The number of furan rings is 1. The van der Waals surface area contributed by atoms with E-state index >= 15 is 0 Å². The first-order valence-electron chi connectivity index (χ1n) is 10.4. The summed E-state index contributed by atoms with van der Waals surface area (Å²) in [6.45, 7) is 0.285. The van der Waals surface area contributed by atoms with Crippen molar-refractivity contribution in [3.05, 3.63) is 54.5 Å². The van der Waals surface area contributed by atoms with Crippen molar-refractivity contribution in [3.8, 4) is 0 Å². The molecule has 35 heavy (non-hydrogen) atoms. The number of aliphatic carboxylic acids is 1. The van der Waals surface area contributed by atoms with Gasteiger partial charge in [-0.25, -0.2) is 9.36 Å². The van der Waals surface area contributed by atoms with E-state index in [1.807, 2.05) is 16.8 Å². The molecule has 1 saturated heterocycles. The number of ether oxygens (including phenoxy) is 1. The largest absolute Gasteiger partial charge is 0.477 e. The molecule has 2 unspecified atom stereocenters. The molecule has 5 heterocycles. The van der Waals surface area contributed by atoms with Gasteiger partial charge >= 0.3 is 5.97 Å². The van der Waals surface area contributed by atoms with Crippen LogP contribution in [0.2, 0.25) is 0 Å². The number of aromatic nitrogens is 1. The molecule has 0 saturated carbocycles. The van der Waals surface area contributed by atoms with Crippen molar-refractivity contribution in [1.29, 1.82) is 0 Å². The summed E-state index contributed by atoms with van der Waals surface area (Å²) in [5.74, 6) is -2.30. The van der Waals surface area contributed by atoms with Crippen molar-refractivity contribution in [1.82, 2.24) is 15.1 Å². The zero-order chi connectivity index (χ0) is 24.7. The van der Waals surface area contributed by atoms with Crippen molar-refractivity contribution >= 4 is 46.4 Å². The van der Waals surface area contributed by atoms with Gasteiger partial charge in [0, 0.05) is 23.6 Å². The van der Waals surface area contributed by atoms with E-state index in [1.54, 1.807) is 18.5 Å². The molecule has 5 rings (SSSR count). The first-order chi connectivity index (χ1) is 16.9. The molecule has 182 valence electrons. The number of fused-ring (bicyclic) bond motifs is 2. The van der Waals surface area contributed by atoms with Crippen LogP contribution >= 0.6 is 11.8 Å². The number of β-lactam (4-membered cyclic amide) rings is 1. The lowest BCUT2D eigenvalue weighted by Gasteiger charge is -2.49. The second-order valence-electron chi connectivity index (χ2n) is 7.79. The fraction of sp³-hybridized carbons (Fsp3) is 0.286. The molecule has 0 aliphatic carbocycles. The minimum atomic E-state index is -1.21. The van der Waals surface area contributed by atoms with E-state index in [0.29, 0.717) is 11.3 Å². The maximum atomic E-state index is 13.0. The van der Waals surface area contributed by atoms with Crippen LogP contribution in [-0.4, -0.2) is 69.2 Å². The number of hydrogen-bond donors (Lipinski definition) is 3. The first-order valence-corrected chi connectivity index (χ1v) is 11.5. The molecule has 3 aliphatic rings. The normalized spacial score (nSPS) is 23.8. The van der Waals surface area contributed by atoms with Gasteiger partial charge in [-0.2, -0.15) is 0 Å². The minimum absolute atomic E-state index is 0.0762. The van der Waals surface area contributed by atoms with Crippen LogP contribution in [0.25, 0.3) is 11.0 Å². The Labute approximate surface area is 202 Å². The molecule has 1 fully saturated rings. The van der Waals surface area contributed by atoms with Crippen molar-refractivity contribution in [3.63, 3.8) is 0 Å². The summed E-state index contributed by atoms with van der Waals surface area (Å²) in [4.78, 5) is 45.2. The molecular formula is C21H21N6O7S+. The van der Waals surface area contributed by atoms with Gasteiger partial charge in [-0.1, -0.05) is 5.16 Å². The lowest BCUT2D eigenvalue weighted by Crippen LogP contribution is -2.71. The molecule has 2 amide bonds. The molecule has 0 radical (unpaired) electrons. The Morgan fingerprint density at radius 3 is 2.97 bits per heavy atom. The summed E-state index contributed by atoms with van der Waals surface area (Å²) in [6, 6.07) is 2.67. The van der Waals surface area contributed by atoms with Crippen LogP contribution in [0.1, 0.15) is 0 Å². The number of amidine groups is 1. The topological polar surface area (TPSA) is 164 Å². The fourth-order valence-electron chi connectivity index (χ4n) is 4.10. The Balaban J connectivity index is 1.34. The predicted octanol–water partition coefficient (Wildman–Crippen LogP) is -0.535. The van der Waals surface area contributed by atoms with Gasteiger partial charge in [0.1, 0.15) is 36.1 Å². The fourth-order valence-corrected chi connectivity index (χ4v) is 5.44. The quantitative estimate of drug-likeness (QED) is 0.159. The number of carboxylic acid groups (broad SMARTS) is 1. The number of nitrogens with one attached hydrogen (secondary N) is 1. The maximum absolute atomic E-state index is 13.0. The van der Waals surface area contributed by atoms with Crippen molar-refractivity contribution in [2.24, 2.45) is 10.9 Å².